The summed E-state index contributed by atoms with van der Waals surface area (Å²) in [5, 5.41) is 8.25. The van der Waals surface area contributed by atoms with Crippen LogP contribution in [0.2, 0.25) is 0 Å². The van der Waals surface area contributed by atoms with Crippen LogP contribution in [0.1, 0.15) is 32.2 Å². The van der Waals surface area contributed by atoms with Gasteiger partial charge in [0.25, 0.3) is 11.8 Å². The van der Waals surface area contributed by atoms with Gasteiger partial charge in [0.1, 0.15) is 11.3 Å². The number of furan rings is 1. The van der Waals surface area contributed by atoms with Crippen molar-refractivity contribution < 1.29 is 14.0 Å². The lowest BCUT2D eigenvalue weighted by Crippen LogP contribution is -2.36. The Morgan fingerprint density at radius 1 is 1.43 bits per heavy atom. The Bertz CT molecular complexity index is 694. The predicted molar refractivity (Wildman–Crippen MR) is 74.8 cm³/mol. The van der Waals surface area contributed by atoms with Crippen LogP contribution < -0.4 is 16.0 Å². The highest BCUT2D eigenvalue weighted by Gasteiger charge is 2.30. The van der Waals surface area contributed by atoms with E-state index in [2.05, 4.69) is 20.9 Å². The second-order valence-corrected chi connectivity index (χ2v) is 4.60. The third-order valence-electron chi connectivity index (χ3n) is 3.19. The lowest BCUT2D eigenvalue weighted by molar-refractivity contribution is 0.0917. The first kappa shape index (κ1) is 13.2. The van der Waals surface area contributed by atoms with Crippen molar-refractivity contribution in [2.75, 3.05) is 12.0 Å². The number of aryl methyl sites for hydroxylation is 1. The van der Waals surface area contributed by atoms with E-state index in [-0.39, 0.29) is 36.2 Å². The maximum atomic E-state index is 12.3. The van der Waals surface area contributed by atoms with Crippen molar-refractivity contribution in [3.05, 3.63) is 47.0 Å². The zero-order chi connectivity index (χ0) is 14.8. The normalized spacial score (nSPS) is 13.1. The van der Waals surface area contributed by atoms with E-state index in [4.69, 9.17) is 4.42 Å². The van der Waals surface area contributed by atoms with Gasteiger partial charge in [-0.2, -0.15) is 0 Å². The van der Waals surface area contributed by atoms with Crippen molar-refractivity contribution in [2.45, 2.75) is 13.5 Å². The molecule has 7 nitrogen and oxygen atoms in total. The third kappa shape index (κ3) is 2.45. The molecule has 3 N–H and O–H groups in total. The second-order valence-electron chi connectivity index (χ2n) is 4.60. The number of aromatic nitrogens is 1. The Morgan fingerprint density at radius 3 is 3.05 bits per heavy atom. The summed E-state index contributed by atoms with van der Waals surface area (Å²) in [7, 11) is 0. The molecule has 0 atom stereocenters. The fraction of sp³-hybridized carbons (Fsp3) is 0.214. The summed E-state index contributed by atoms with van der Waals surface area (Å²) in [4.78, 5) is 28.3. The predicted octanol–water partition coefficient (Wildman–Crippen LogP) is 1.03. The molecule has 3 rings (SSSR count). The number of carbonyl (C=O) groups is 2. The lowest BCUT2D eigenvalue weighted by Gasteiger charge is -2.14. The number of rotatable bonds is 3. The first-order valence-electron chi connectivity index (χ1n) is 6.50. The number of pyridine rings is 1. The van der Waals surface area contributed by atoms with Gasteiger partial charge in [0.2, 0.25) is 5.88 Å². The fourth-order valence-electron chi connectivity index (χ4n) is 2.21. The fourth-order valence-corrected chi connectivity index (χ4v) is 2.21. The highest BCUT2D eigenvalue weighted by molar-refractivity contribution is 6.11. The highest BCUT2D eigenvalue weighted by atomic mass is 16.4. The molecule has 108 valence electrons. The second kappa shape index (κ2) is 5.28. The minimum Gasteiger partial charge on any atom is -0.444 e. The summed E-state index contributed by atoms with van der Waals surface area (Å²) in [5.41, 5.74) is 1.24. The van der Waals surface area contributed by atoms with Crippen LogP contribution in [0.15, 0.2) is 28.8 Å². The standard InChI is InChI=1S/C14H14N4O3/c1-8-10(11-13(20)17-7-18-14(11)21-8)12(19)16-6-9-4-2-3-5-15-9/h2-5,18H,6-7H2,1H3,(H,16,19)(H,17,20). The van der Waals surface area contributed by atoms with Crippen LogP contribution >= 0.6 is 0 Å². The van der Waals surface area contributed by atoms with Gasteiger partial charge in [0.15, 0.2) is 0 Å². The van der Waals surface area contributed by atoms with Crippen molar-refractivity contribution in [1.29, 1.82) is 0 Å². The van der Waals surface area contributed by atoms with Gasteiger partial charge in [0.05, 0.1) is 24.5 Å². The number of anilines is 1. The Hall–Kier alpha value is -2.83. The maximum Gasteiger partial charge on any atom is 0.259 e. The molecule has 0 saturated heterocycles. The van der Waals surface area contributed by atoms with Gasteiger partial charge >= 0.3 is 0 Å². The molecule has 0 unspecified atom stereocenters. The van der Waals surface area contributed by atoms with Crippen LogP contribution in [0.5, 0.6) is 0 Å². The monoisotopic (exact) mass is 286 g/mol. The molecule has 3 heterocycles. The number of amides is 2. The molecule has 2 amide bonds. The van der Waals surface area contributed by atoms with Gasteiger partial charge in [-0.25, -0.2) is 0 Å². The molecule has 0 fully saturated rings. The van der Waals surface area contributed by atoms with Crippen molar-refractivity contribution in [3.63, 3.8) is 0 Å². The third-order valence-corrected chi connectivity index (χ3v) is 3.19. The van der Waals surface area contributed by atoms with Crippen molar-refractivity contribution >= 4 is 17.7 Å². The molecule has 2 aromatic heterocycles. The molecule has 7 heteroatoms. The Kier molecular flexibility index (Phi) is 3.31. The van der Waals surface area contributed by atoms with E-state index in [1.54, 1.807) is 19.2 Å². The van der Waals surface area contributed by atoms with Crippen LogP contribution in [0.25, 0.3) is 0 Å². The van der Waals surface area contributed by atoms with Gasteiger partial charge < -0.3 is 20.4 Å². The summed E-state index contributed by atoms with van der Waals surface area (Å²) in [5.74, 6) is 0.0629. The molecule has 1 aliphatic rings. The van der Waals surface area contributed by atoms with E-state index in [9.17, 15) is 9.59 Å². The summed E-state index contributed by atoms with van der Waals surface area (Å²) in [6.45, 7) is 2.23. The summed E-state index contributed by atoms with van der Waals surface area (Å²) >= 11 is 0. The van der Waals surface area contributed by atoms with Crippen molar-refractivity contribution in [1.82, 2.24) is 15.6 Å². The number of nitrogens with one attached hydrogen (secondary N) is 3. The van der Waals surface area contributed by atoms with Crippen LogP contribution in [0.4, 0.5) is 5.88 Å². The van der Waals surface area contributed by atoms with Crippen LogP contribution in [-0.4, -0.2) is 23.5 Å². The zero-order valence-electron chi connectivity index (χ0n) is 11.4. The number of nitrogens with zero attached hydrogens (tertiary/aromatic N) is 1. The van der Waals surface area contributed by atoms with Crippen LogP contribution in [0.3, 0.4) is 0 Å². The van der Waals surface area contributed by atoms with Gasteiger partial charge in [-0.15, -0.1) is 0 Å². The van der Waals surface area contributed by atoms with E-state index in [1.807, 2.05) is 12.1 Å². The van der Waals surface area contributed by atoms with E-state index in [1.165, 1.54) is 0 Å². The molecule has 0 saturated carbocycles. The molecule has 21 heavy (non-hydrogen) atoms. The molecular weight excluding hydrogens is 272 g/mol. The molecule has 0 radical (unpaired) electrons. The minimum absolute atomic E-state index is 0.247. The average Bonchev–Trinajstić information content (AvgIpc) is 2.83. The molecule has 0 spiro atoms. The highest BCUT2D eigenvalue weighted by Crippen LogP contribution is 2.28. The van der Waals surface area contributed by atoms with Gasteiger partial charge in [-0.05, 0) is 19.1 Å². The van der Waals surface area contributed by atoms with E-state index >= 15 is 0 Å². The largest absolute Gasteiger partial charge is 0.444 e. The van der Waals surface area contributed by atoms with Crippen LogP contribution in [0, 0.1) is 6.92 Å². The molecule has 2 aromatic rings. The topological polar surface area (TPSA) is 96.3 Å². The number of carbonyl (C=O) groups excluding carboxylic acids is 2. The van der Waals surface area contributed by atoms with Crippen LogP contribution in [-0.2, 0) is 6.54 Å². The molecule has 0 bridgehead atoms. The smallest absolute Gasteiger partial charge is 0.259 e. The van der Waals surface area contributed by atoms with Crippen molar-refractivity contribution in [3.8, 4) is 0 Å². The van der Waals surface area contributed by atoms with E-state index in [0.717, 1.165) is 5.69 Å². The first-order valence-corrected chi connectivity index (χ1v) is 6.50. The Labute approximate surface area is 120 Å². The van der Waals surface area contributed by atoms with E-state index < -0.39 is 0 Å². The molecule has 0 aromatic carbocycles. The Balaban J connectivity index is 1.82. The molecular formula is C14H14N4O3. The number of fused-ring (bicyclic) bond motifs is 1. The minimum atomic E-state index is -0.359. The van der Waals surface area contributed by atoms with Gasteiger partial charge in [-0.3, -0.25) is 14.6 Å². The lowest BCUT2D eigenvalue weighted by atomic mass is 10.1. The quantitative estimate of drug-likeness (QED) is 0.783. The number of hydrogen-bond acceptors (Lipinski definition) is 5. The Morgan fingerprint density at radius 2 is 2.29 bits per heavy atom. The number of hydrogen-bond donors (Lipinski definition) is 3. The molecule has 1 aliphatic heterocycles. The summed E-state index contributed by atoms with van der Waals surface area (Å²) < 4.78 is 5.43. The first-order chi connectivity index (χ1) is 10.2. The van der Waals surface area contributed by atoms with Gasteiger partial charge in [0, 0.05) is 6.20 Å². The van der Waals surface area contributed by atoms with Gasteiger partial charge in [-0.1, -0.05) is 6.07 Å². The van der Waals surface area contributed by atoms with Crippen molar-refractivity contribution in [2.24, 2.45) is 0 Å². The summed E-state index contributed by atoms with van der Waals surface area (Å²) in [6, 6.07) is 5.46. The summed E-state index contributed by atoms with van der Waals surface area (Å²) in [6.07, 6.45) is 1.66. The zero-order valence-corrected chi connectivity index (χ0v) is 11.4. The average molecular weight is 286 g/mol. The van der Waals surface area contributed by atoms with E-state index in [0.29, 0.717) is 11.6 Å². The maximum absolute atomic E-state index is 12.3. The molecule has 0 aliphatic carbocycles. The SMILES string of the molecule is Cc1oc2c(c1C(=O)NCc1ccccn1)C(=O)NCN2.